The molecule has 18 heteroatoms. The van der Waals surface area contributed by atoms with E-state index in [-0.39, 0.29) is 39.5 Å². The first-order chi connectivity index (χ1) is 17.0. The minimum Gasteiger partial charge on any atom is -0.477 e. The van der Waals surface area contributed by atoms with Crippen LogP contribution in [0.5, 0.6) is 0 Å². The number of rotatable bonds is 6. The van der Waals surface area contributed by atoms with Crippen molar-refractivity contribution in [2.75, 3.05) is 24.3 Å². The highest BCUT2D eigenvalue weighted by Gasteiger charge is 2.54. The second-order valence-corrected chi connectivity index (χ2v) is 10.7. The highest BCUT2D eigenvalue weighted by molar-refractivity contribution is 8.14. The Morgan fingerprint density at radius 2 is 2.08 bits per heavy atom. The minimum absolute atomic E-state index is 0.0513. The quantitative estimate of drug-likeness (QED) is 0.0874. The molecule has 0 bridgehead atoms. The van der Waals surface area contributed by atoms with Crippen molar-refractivity contribution in [2.45, 2.75) is 17.6 Å². The number of aliphatic imine (C=N–C) groups is 1. The van der Waals surface area contributed by atoms with Crippen LogP contribution in [0.15, 0.2) is 38.3 Å². The predicted octanol–water partition coefficient (Wildman–Crippen LogP) is -1.95. The number of hydrogen-bond acceptors (Lipinski definition) is 15. The van der Waals surface area contributed by atoms with E-state index < -0.39 is 41.1 Å². The van der Waals surface area contributed by atoms with Gasteiger partial charge in [0.1, 0.15) is 34.8 Å². The fourth-order valence-corrected chi connectivity index (χ4v) is 6.67. The first kappa shape index (κ1) is 25.6. The van der Waals surface area contributed by atoms with Crippen LogP contribution in [-0.4, -0.2) is 89.9 Å². The molecule has 11 N–H and O–H groups in total. The van der Waals surface area contributed by atoms with E-state index >= 15 is 0 Å². The number of nitrogens with one attached hydrogen (secondary N) is 1. The zero-order valence-corrected chi connectivity index (χ0v) is 21.1. The Bertz CT molecular complexity index is 1260. The summed E-state index contributed by atoms with van der Waals surface area (Å²) in [4.78, 5) is 48.5. The van der Waals surface area contributed by atoms with Crippen molar-refractivity contribution in [2.24, 2.45) is 27.3 Å². The molecule has 0 radical (unpaired) electrons. The lowest BCUT2D eigenvalue weighted by Crippen LogP contribution is -2.71. The molecule has 3 aliphatic heterocycles. The minimum atomic E-state index is -1.27. The number of anilines is 1. The maximum atomic E-state index is 12.9. The van der Waals surface area contributed by atoms with Gasteiger partial charge in [-0.25, -0.2) is 14.8 Å². The molecule has 0 aromatic carbocycles. The van der Waals surface area contributed by atoms with Crippen LogP contribution >= 0.6 is 34.9 Å². The monoisotopic (exact) mass is 554 g/mol. The number of hydrogen-bond donors (Lipinski definition) is 7. The molecule has 1 aromatic rings. The number of thiazole rings is 1. The predicted molar refractivity (Wildman–Crippen MR) is 136 cm³/mol. The number of thioether (sulfide) groups is 2. The number of amides is 2. The first-order valence-electron chi connectivity index (χ1n) is 10.1. The highest BCUT2D eigenvalue weighted by Crippen LogP contribution is 2.41. The lowest BCUT2D eigenvalue weighted by molar-refractivity contribution is -0.150. The number of nitrogen functional groups attached to an aromatic ring is 1. The van der Waals surface area contributed by atoms with Gasteiger partial charge in [-0.1, -0.05) is 16.9 Å². The number of aliphatic carboxylic acids is 1. The maximum absolute atomic E-state index is 12.9. The third-order valence-electron chi connectivity index (χ3n) is 5.54. The van der Waals surface area contributed by atoms with E-state index in [9.17, 15) is 24.7 Å². The van der Waals surface area contributed by atoms with E-state index in [4.69, 9.17) is 22.9 Å². The lowest BCUT2D eigenvalue weighted by atomic mass is 10.0. The molecule has 36 heavy (non-hydrogen) atoms. The molecule has 1 saturated heterocycles. The molecule has 0 saturated carbocycles. The SMILES string of the molecule is CN1C(SCC2=C(C(=O)O)N3C(=O)C(NC(=O)/C(=N\O)c4csc(N)n4)[C@@H]3SC2)=NC(N)=C(N)C1N. The number of oxime groups is 1. The van der Waals surface area contributed by atoms with Crippen molar-refractivity contribution in [3.8, 4) is 0 Å². The number of carboxylic acid groups (broad SMARTS) is 1. The van der Waals surface area contributed by atoms with Gasteiger partial charge in [0, 0.05) is 23.9 Å². The van der Waals surface area contributed by atoms with Gasteiger partial charge in [0.05, 0.1) is 5.70 Å². The lowest BCUT2D eigenvalue weighted by Gasteiger charge is -2.49. The van der Waals surface area contributed by atoms with Gasteiger partial charge in [0.15, 0.2) is 16.0 Å². The topological polar surface area (TPSA) is 252 Å². The summed E-state index contributed by atoms with van der Waals surface area (Å²) in [5.74, 6) is -2.14. The molecule has 4 rings (SSSR count). The van der Waals surface area contributed by atoms with E-state index in [0.717, 1.165) is 16.2 Å². The number of aromatic nitrogens is 1. The van der Waals surface area contributed by atoms with E-state index in [0.29, 0.717) is 10.7 Å². The van der Waals surface area contributed by atoms with Gasteiger partial charge in [-0.05, 0) is 5.57 Å². The van der Waals surface area contributed by atoms with Crippen molar-refractivity contribution in [3.63, 3.8) is 0 Å². The van der Waals surface area contributed by atoms with Crippen LogP contribution in [0.4, 0.5) is 5.13 Å². The maximum Gasteiger partial charge on any atom is 0.352 e. The van der Waals surface area contributed by atoms with Crippen LogP contribution in [0.2, 0.25) is 0 Å². The molecule has 15 nitrogen and oxygen atoms in total. The van der Waals surface area contributed by atoms with Crippen molar-refractivity contribution in [1.29, 1.82) is 0 Å². The van der Waals surface area contributed by atoms with Crippen LogP contribution in [0.25, 0.3) is 0 Å². The largest absolute Gasteiger partial charge is 0.477 e. The average molecular weight is 555 g/mol. The Hall–Kier alpha value is -3.48. The summed E-state index contributed by atoms with van der Waals surface area (Å²) >= 11 is 3.56. The number of amidine groups is 1. The number of likely N-dealkylation sites (N-methyl/N-ethyl adjacent to an activating group) is 1. The normalized spacial score (nSPS) is 24.4. The molecule has 0 aliphatic carbocycles. The molecular weight excluding hydrogens is 532 g/mol. The van der Waals surface area contributed by atoms with Gasteiger partial charge in [0.25, 0.3) is 11.8 Å². The molecule has 192 valence electrons. The molecule has 0 spiro atoms. The first-order valence-corrected chi connectivity index (χ1v) is 13.1. The molecule has 2 unspecified atom stereocenters. The van der Waals surface area contributed by atoms with Crippen LogP contribution in [0, 0.1) is 0 Å². The van der Waals surface area contributed by atoms with Crippen molar-refractivity contribution in [1.82, 2.24) is 20.1 Å². The Kier molecular flexibility index (Phi) is 7.03. The van der Waals surface area contributed by atoms with E-state index in [2.05, 4.69) is 20.4 Å². The van der Waals surface area contributed by atoms with Crippen molar-refractivity contribution < 1.29 is 24.7 Å². The van der Waals surface area contributed by atoms with E-state index in [1.807, 2.05) is 0 Å². The fourth-order valence-electron chi connectivity index (χ4n) is 3.62. The van der Waals surface area contributed by atoms with Gasteiger partial charge in [-0.3, -0.25) is 14.5 Å². The number of β-lactam (4-membered cyclic amide) rings is 1. The summed E-state index contributed by atoms with van der Waals surface area (Å²) in [5.41, 5.74) is 23.4. The number of fused-ring (bicyclic) bond motifs is 1. The number of nitrogens with zero attached hydrogens (tertiary/aromatic N) is 5. The summed E-state index contributed by atoms with van der Waals surface area (Å²) in [6.45, 7) is 0. The summed E-state index contributed by atoms with van der Waals surface area (Å²) in [6.07, 6.45) is -0.669. The molecule has 1 aromatic heterocycles. The molecular formula is C18H22N10O5S3. The summed E-state index contributed by atoms with van der Waals surface area (Å²) in [6, 6.07) is -1.02. The Morgan fingerprint density at radius 1 is 1.36 bits per heavy atom. The van der Waals surface area contributed by atoms with Crippen molar-refractivity contribution in [3.05, 3.63) is 33.9 Å². The van der Waals surface area contributed by atoms with Gasteiger partial charge in [-0.15, -0.1) is 23.1 Å². The Morgan fingerprint density at radius 3 is 2.69 bits per heavy atom. The average Bonchev–Trinajstić information content (AvgIpc) is 3.27. The van der Waals surface area contributed by atoms with Gasteiger partial charge in [0.2, 0.25) is 0 Å². The number of carboxylic acids is 1. The standard InChI is InChI=1S/C18H22N10O5S3/c1-27-12(21)7(19)11(20)25-18(27)36-3-5-2-34-15-9(14(30)28(15)10(5)16(31)32)24-13(29)8(26-33)6-4-35-17(22)23-6/h4,9,12,15,33H,2-3,19-21H2,1H3,(H2,22,23)(H,24,29)(H,31,32)/b26-8-/t9?,12?,15-/m0/s1. The molecule has 4 heterocycles. The number of carbonyl (C=O) groups excluding carboxylic acids is 2. The zero-order chi connectivity index (χ0) is 26.3. The summed E-state index contributed by atoms with van der Waals surface area (Å²) in [5, 5.41) is 26.0. The number of carbonyl (C=O) groups is 3. The molecule has 2 amide bonds. The van der Waals surface area contributed by atoms with Crippen LogP contribution in [-0.2, 0) is 14.4 Å². The zero-order valence-electron chi connectivity index (χ0n) is 18.6. The Balaban J connectivity index is 1.48. The second-order valence-electron chi connectivity index (χ2n) is 7.72. The second kappa shape index (κ2) is 9.88. The molecule has 3 atom stereocenters. The Labute approximate surface area is 216 Å². The van der Waals surface area contributed by atoms with Crippen LogP contribution < -0.4 is 28.3 Å². The molecule has 3 aliphatic rings. The van der Waals surface area contributed by atoms with E-state index in [1.54, 1.807) is 11.9 Å². The van der Waals surface area contributed by atoms with Crippen LogP contribution in [0.3, 0.4) is 0 Å². The molecule has 1 fully saturated rings. The van der Waals surface area contributed by atoms with Gasteiger partial charge < -0.3 is 43.5 Å². The third-order valence-corrected chi connectivity index (χ3v) is 8.68. The van der Waals surface area contributed by atoms with E-state index in [1.165, 1.54) is 28.9 Å². The van der Waals surface area contributed by atoms with Gasteiger partial charge in [-0.2, -0.15) is 0 Å². The highest BCUT2D eigenvalue weighted by atomic mass is 32.2. The third kappa shape index (κ3) is 4.43. The van der Waals surface area contributed by atoms with Gasteiger partial charge >= 0.3 is 5.97 Å². The van der Waals surface area contributed by atoms with Crippen LogP contribution in [0.1, 0.15) is 5.69 Å². The number of nitrogens with two attached hydrogens (primary N) is 4. The fraction of sp³-hybridized carbons (Fsp3) is 0.333. The summed E-state index contributed by atoms with van der Waals surface area (Å²) < 4.78 is 0. The smallest absolute Gasteiger partial charge is 0.352 e. The summed E-state index contributed by atoms with van der Waals surface area (Å²) in [7, 11) is 1.68. The van der Waals surface area contributed by atoms with Crippen molar-refractivity contribution >= 4 is 68.7 Å².